The summed E-state index contributed by atoms with van der Waals surface area (Å²) in [7, 11) is -0.548. The van der Waals surface area contributed by atoms with Crippen molar-refractivity contribution in [3.8, 4) is 5.75 Å². The van der Waals surface area contributed by atoms with Gasteiger partial charge in [-0.25, -0.2) is 0 Å². The monoisotopic (exact) mass is 310 g/mol. The van der Waals surface area contributed by atoms with E-state index < -0.39 is 20.4 Å². The highest BCUT2D eigenvalue weighted by molar-refractivity contribution is 6.74. The molecule has 0 aliphatic heterocycles. The Morgan fingerprint density at radius 3 is 2.19 bits per heavy atom. The number of ether oxygens (including phenoxy) is 1. The van der Waals surface area contributed by atoms with E-state index in [9.17, 15) is 9.90 Å². The van der Waals surface area contributed by atoms with Crippen LogP contribution in [-0.4, -0.2) is 26.5 Å². The Labute approximate surface area is 128 Å². The fourth-order valence-electron chi connectivity index (χ4n) is 1.56. The fourth-order valence-corrected chi connectivity index (χ4v) is 2.60. The highest BCUT2D eigenvalue weighted by atomic mass is 28.4. The highest BCUT2D eigenvalue weighted by Crippen LogP contribution is 2.37. The van der Waals surface area contributed by atoms with Crippen molar-refractivity contribution >= 4 is 14.3 Å². The molecule has 4 nitrogen and oxygen atoms in total. The Hall–Kier alpha value is -1.33. The average Bonchev–Trinajstić information content (AvgIpc) is 2.37. The third kappa shape index (κ3) is 4.86. The van der Waals surface area contributed by atoms with Gasteiger partial charge in [-0.1, -0.05) is 32.9 Å². The Balaban J connectivity index is 2.77. The van der Waals surface area contributed by atoms with E-state index in [1.54, 1.807) is 12.1 Å². The van der Waals surface area contributed by atoms with Crippen LogP contribution in [-0.2, 0) is 9.53 Å². The molecule has 0 heterocycles. The van der Waals surface area contributed by atoms with E-state index in [0.717, 1.165) is 5.75 Å². The highest BCUT2D eigenvalue weighted by Gasteiger charge is 2.38. The molecule has 1 N–H and O–H groups in total. The van der Waals surface area contributed by atoms with Gasteiger partial charge in [0.2, 0.25) is 8.32 Å². The van der Waals surface area contributed by atoms with E-state index in [1.807, 2.05) is 12.1 Å². The zero-order chi connectivity index (χ0) is 16.3. The molecule has 1 rings (SSSR count). The maximum atomic E-state index is 11.2. The minimum absolute atomic E-state index is 0.0427. The molecule has 0 aliphatic carbocycles. The molecule has 0 fully saturated rings. The predicted molar refractivity (Wildman–Crippen MR) is 85.9 cm³/mol. The summed E-state index contributed by atoms with van der Waals surface area (Å²) in [5.74, 6) is 0.375. The van der Waals surface area contributed by atoms with Gasteiger partial charge >= 0.3 is 5.97 Å². The molecule has 1 aromatic carbocycles. The van der Waals surface area contributed by atoms with Gasteiger partial charge in [-0.15, -0.1) is 0 Å². The van der Waals surface area contributed by atoms with Gasteiger partial charge < -0.3 is 14.3 Å². The molecule has 21 heavy (non-hydrogen) atoms. The summed E-state index contributed by atoms with van der Waals surface area (Å²) in [6, 6.07) is 7.26. The number of rotatable bonds is 5. The van der Waals surface area contributed by atoms with Crippen LogP contribution >= 0.6 is 0 Å². The van der Waals surface area contributed by atoms with Gasteiger partial charge in [0.25, 0.3) is 0 Å². The second kappa shape index (κ2) is 6.62. The van der Waals surface area contributed by atoms with Gasteiger partial charge in [-0.3, -0.25) is 4.79 Å². The SMILES string of the molecule is COC(=O)C[C@H](O)c1ccc(O[Si](C)(C)C(C)(C)C)cc1. The van der Waals surface area contributed by atoms with Crippen LogP contribution in [0.1, 0.15) is 38.9 Å². The standard InChI is InChI=1S/C16H26O4Si/c1-16(2,3)21(5,6)20-13-9-7-12(8-10-13)14(17)11-15(18)19-4/h7-10,14,17H,11H2,1-6H3/t14-/m0/s1. The van der Waals surface area contributed by atoms with Crippen molar-refractivity contribution in [1.82, 2.24) is 0 Å². The van der Waals surface area contributed by atoms with Crippen molar-refractivity contribution in [2.24, 2.45) is 0 Å². The minimum atomic E-state index is -1.86. The average molecular weight is 310 g/mol. The first-order valence-electron chi connectivity index (χ1n) is 7.10. The van der Waals surface area contributed by atoms with Gasteiger partial charge in [0, 0.05) is 0 Å². The zero-order valence-electron chi connectivity index (χ0n) is 13.8. The number of methoxy groups -OCH3 is 1. The summed E-state index contributed by atoms with van der Waals surface area (Å²) in [4.78, 5) is 11.2. The molecule has 0 aromatic heterocycles. The maximum Gasteiger partial charge on any atom is 0.308 e. The number of hydrogen-bond donors (Lipinski definition) is 1. The molecule has 0 unspecified atom stereocenters. The number of benzene rings is 1. The van der Waals surface area contributed by atoms with E-state index in [-0.39, 0.29) is 11.5 Å². The van der Waals surface area contributed by atoms with Crippen LogP contribution in [0, 0.1) is 0 Å². The molecule has 5 heteroatoms. The van der Waals surface area contributed by atoms with Crippen molar-refractivity contribution in [2.75, 3.05) is 7.11 Å². The quantitative estimate of drug-likeness (QED) is 0.666. The van der Waals surface area contributed by atoms with Gasteiger partial charge in [-0.2, -0.15) is 0 Å². The zero-order valence-corrected chi connectivity index (χ0v) is 14.8. The second-order valence-corrected chi connectivity index (χ2v) is 11.5. The lowest BCUT2D eigenvalue weighted by Gasteiger charge is -2.36. The molecule has 0 radical (unpaired) electrons. The molecule has 0 spiro atoms. The smallest absolute Gasteiger partial charge is 0.308 e. The number of hydrogen-bond acceptors (Lipinski definition) is 4. The molecular formula is C16H26O4Si. The number of carbonyl (C=O) groups is 1. The predicted octanol–water partition coefficient (Wildman–Crippen LogP) is 3.67. The van der Waals surface area contributed by atoms with E-state index in [4.69, 9.17) is 4.43 Å². The van der Waals surface area contributed by atoms with Crippen LogP contribution in [0.3, 0.4) is 0 Å². The van der Waals surface area contributed by atoms with Gasteiger partial charge in [0.15, 0.2) is 0 Å². The normalized spacial score (nSPS) is 13.7. The lowest BCUT2D eigenvalue weighted by molar-refractivity contribution is -0.142. The molecular weight excluding hydrogens is 284 g/mol. The van der Waals surface area contributed by atoms with E-state index in [1.165, 1.54) is 7.11 Å². The summed E-state index contributed by atoms with van der Waals surface area (Å²) < 4.78 is 10.7. The molecule has 0 saturated heterocycles. The van der Waals surface area contributed by atoms with Crippen molar-refractivity contribution in [2.45, 2.75) is 51.4 Å². The Morgan fingerprint density at radius 2 is 1.76 bits per heavy atom. The Bertz CT molecular complexity index is 474. The minimum Gasteiger partial charge on any atom is -0.544 e. The Kier molecular flexibility index (Phi) is 5.59. The number of aliphatic hydroxyl groups excluding tert-OH is 1. The first-order valence-corrected chi connectivity index (χ1v) is 10.0. The Morgan fingerprint density at radius 1 is 1.24 bits per heavy atom. The van der Waals surface area contributed by atoms with Crippen LogP contribution in [0.4, 0.5) is 0 Å². The van der Waals surface area contributed by atoms with E-state index >= 15 is 0 Å². The second-order valence-electron chi connectivity index (χ2n) is 6.73. The van der Waals surface area contributed by atoms with Crippen molar-refractivity contribution in [3.05, 3.63) is 29.8 Å². The van der Waals surface area contributed by atoms with Gasteiger partial charge in [-0.05, 0) is 35.8 Å². The molecule has 1 aromatic rings. The third-order valence-corrected chi connectivity index (χ3v) is 8.39. The van der Waals surface area contributed by atoms with Crippen LogP contribution in [0.25, 0.3) is 0 Å². The third-order valence-electron chi connectivity index (χ3n) is 4.03. The summed E-state index contributed by atoms with van der Waals surface area (Å²) >= 11 is 0. The first kappa shape index (κ1) is 17.7. The maximum absolute atomic E-state index is 11.2. The van der Waals surface area contributed by atoms with Crippen LogP contribution in [0.5, 0.6) is 5.75 Å². The van der Waals surface area contributed by atoms with E-state index in [2.05, 4.69) is 38.6 Å². The summed E-state index contributed by atoms with van der Waals surface area (Å²) in [6.07, 6.45) is -0.891. The van der Waals surface area contributed by atoms with Crippen molar-refractivity contribution < 1.29 is 19.1 Å². The molecule has 0 saturated carbocycles. The molecule has 0 bridgehead atoms. The molecule has 0 aliphatic rings. The fraction of sp³-hybridized carbons (Fsp3) is 0.562. The lowest BCUT2D eigenvalue weighted by atomic mass is 10.1. The van der Waals surface area contributed by atoms with Crippen molar-refractivity contribution in [3.63, 3.8) is 0 Å². The first-order chi connectivity index (χ1) is 9.56. The number of aliphatic hydroxyl groups is 1. The molecule has 0 amide bonds. The molecule has 1 atom stereocenters. The van der Waals surface area contributed by atoms with Gasteiger partial charge in [0.1, 0.15) is 5.75 Å². The topological polar surface area (TPSA) is 55.8 Å². The summed E-state index contributed by atoms with van der Waals surface area (Å²) in [5, 5.41) is 10.1. The van der Waals surface area contributed by atoms with Gasteiger partial charge in [0.05, 0.1) is 19.6 Å². The van der Waals surface area contributed by atoms with Crippen LogP contribution in [0.15, 0.2) is 24.3 Å². The van der Waals surface area contributed by atoms with Crippen LogP contribution in [0.2, 0.25) is 18.1 Å². The number of esters is 1. The van der Waals surface area contributed by atoms with Crippen LogP contribution < -0.4 is 4.43 Å². The number of carbonyl (C=O) groups excluding carboxylic acids is 1. The summed E-state index contributed by atoms with van der Waals surface area (Å²) in [6.45, 7) is 10.9. The summed E-state index contributed by atoms with van der Waals surface area (Å²) in [5.41, 5.74) is 0.683. The van der Waals surface area contributed by atoms with Crippen molar-refractivity contribution in [1.29, 1.82) is 0 Å². The lowest BCUT2D eigenvalue weighted by Crippen LogP contribution is -2.43. The largest absolute Gasteiger partial charge is 0.544 e. The molecule has 118 valence electrons. The van der Waals surface area contributed by atoms with E-state index in [0.29, 0.717) is 5.56 Å².